The standard InChI is InChI=1S/C19H20FNO3/c1-24-15-8-9-16(18(22)12-15)19(23)21-10-3-2-7-17(21)13-5-4-6-14(20)11-13/h4-6,8-9,11-12,17,22H,2-3,7,10H2,1H3. The molecule has 2 aromatic carbocycles. The number of carbonyl (C=O) groups is 1. The Kier molecular flexibility index (Phi) is 4.69. The van der Waals surface area contributed by atoms with Crippen molar-refractivity contribution in [2.24, 2.45) is 0 Å². The number of likely N-dealkylation sites (tertiary alicyclic amines) is 1. The lowest BCUT2D eigenvalue weighted by molar-refractivity contribution is 0.0608. The molecule has 0 saturated carbocycles. The molecular formula is C19H20FNO3. The molecule has 0 radical (unpaired) electrons. The van der Waals surface area contributed by atoms with Crippen molar-refractivity contribution in [2.45, 2.75) is 25.3 Å². The van der Waals surface area contributed by atoms with Gasteiger partial charge in [0.2, 0.25) is 0 Å². The third kappa shape index (κ3) is 3.20. The van der Waals surface area contributed by atoms with Crippen LogP contribution in [0.15, 0.2) is 42.5 Å². The van der Waals surface area contributed by atoms with Gasteiger partial charge in [-0.25, -0.2) is 4.39 Å². The van der Waals surface area contributed by atoms with E-state index in [1.54, 1.807) is 23.1 Å². The quantitative estimate of drug-likeness (QED) is 0.929. The molecule has 1 saturated heterocycles. The van der Waals surface area contributed by atoms with E-state index in [1.807, 2.05) is 6.07 Å². The van der Waals surface area contributed by atoms with Crippen LogP contribution in [-0.4, -0.2) is 29.6 Å². The summed E-state index contributed by atoms with van der Waals surface area (Å²) in [6, 6.07) is 10.8. The molecule has 1 aliphatic rings. The summed E-state index contributed by atoms with van der Waals surface area (Å²) in [4.78, 5) is 14.6. The molecule has 1 N–H and O–H groups in total. The first kappa shape index (κ1) is 16.3. The number of phenols is 1. The maximum Gasteiger partial charge on any atom is 0.258 e. The Hall–Kier alpha value is -2.56. The number of halogens is 1. The average molecular weight is 329 g/mol. The minimum atomic E-state index is -0.308. The van der Waals surface area contributed by atoms with E-state index in [4.69, 9.17) is 4.74 Å². The van der Waals surface area contributed by atoms with E-state index in [0.717, 1.165) is 24.8 Å². The summed E-state index contributed by atoms with van der Waals surface area (Å²) in [7, 11) is 1.50. The minimum Gasteiger partial charge on any atom is -0.507 e. The molecule has 0 bridgehead atoms. The molecule has 2 aromatic rings. The highest BCUT2D eigenvalue weighted by Crippen LogP contribution is 2.34. The van der Waals surface area contributed by atoms with Crippen LogP contribution in [0.2, 0.25) is 0 Å². The Morgan fingerprint density at radius 3 is 2.79 bits per heavy atom. The van der Waals surface area contributed by atoms with Gasteiger partial charge in [0.25, 0.3) is 5.91 Å². The van der Waals surface area contributed by atoms with E-state index >= 15 is 0 Å². The van der Waals surface area contributed by atoms with Crippen molar-refractivity contribution in [3.8, 4) is 11.5 Å². The zero-order chi connectivity index (χ0) is 17.1. The second-order valence-electron chi connectivity index (χ2n) is 5.95. The van der Waals surface area contributed by atoms with Crippen LogP contribution in [0.3, 0.4) is 0 Å². The van der Waals surface area contributed by atoms with Crippen molar-refractivity contribution in [1.82, 2.24) is 4.90 Å². The van der Waals surface area contributed by atoms with E-state index in [-0.39, 0.29) is 29.1 Å². The van der Waals surface area contributed by atoms with Crippen molar-refractivity contribution in [2.75, 3.05) is 13.7 Å². The fraction of sp³-hybridized carbons (Fsp3) is 0.316. The van der Waals surface area contributed by atoms with Gasteiger partial charge in [0, 0.05) is 12.6 Å². The van der Waals surface area contributed by atoms with Crippen molar-refractivity contribution < 1.29 is 19.0 Å². The normalized spacial score (nSPS) is 17.6. The summed E-state index contributed by atoms with van der Waals surface area (Å²) in [6.45, 7) is 0.589. The Bertz CT molecular complexity index is 747. The number of carbonyl (C=O) groups excluding carboxylic acids is 1. The molecule has 1 heterocycles. The maximum absolute atomic E-state index is 13.6. The Morgan fingerprint density at radius 2 is 2.08 bits per heavy atom. The second kappa shape index (κ2) is 6.91. The van der Waals surface area contributed by atoms with Crippen molar-refractivity contribution in [3.05, 3.63) is 59.4 Å². The number of rotatable bonds is 3. The highest BCUT2D eigenvalue weighted by atomic mass is 19.1. The molecule has 1 fully saturated rings. The zero-order valence-corrected chi connectivity index (χ0v) is 13.5. The van der Waals surface area contributed by atoms with Crippen LogP contribution >= 0.6 is 0 Å². The van der Waals surface area contributed by atoms with Gasteiger partial charge >= 0.3 is 0 Å². The molecule has 1 amide bonds. The summed E-state index contributed by atoms with van der Waals surface area (Å²) in [5.41, 5.74) is 1.02. The van der Waals surface area contributed by atoms with Crippen LogP contribution in [0.4, 0.5) is 4.39 Å². The monoisotopic (exact) mass is 329 g/mol. The number of ether oxygens (including phenoxy) is 1. The average Bonchev–Trinajstić information content (AvgIpc) is 2.61. The molecule has 3 rings (SSSR count). The molecule has 24 heavy (non-hydrogen) atoms. The molecule has 5 heteroatoms. The lowest BCUT2D eigenvalue weighted by Gasteiger charge is -2.36. The van der Waals surface area contributed by atoms with Crippen LogP contribution in [0.25, 0.3) is 0 Å². The summed E-state index contributed by atoms with van der Waals surface area (Å²) in [5, 5.41) is 10.1. The van der Waals surface area contributed by atoms with Crippen LogP contribution in [-0.2, 0) is 0 Å². The predicted molar refractivity (Wildman–Crippen MR) is 88.7 cm³/mol. The number of aromatic hydroxyl groups is 1. The van der Waals surface area contributed by atoms with Gasteiger partial charge in [-0.05, 0) is 49.1 Å². The first-order valence-electron chi connectivity index (χ1n) is 8.03. The van der Waals surface area contributed by atoms with Crippen LogP contribution in [0, 0.1) is 5.82 Å². The minimum absolute atomic E-state index is 0.108. The zero-order valence-electron chi connectivity index (χ0n) is 13.5. The van der Waals surface area contributed by atoms with Gasteiger partial charge in [-0.1, -0.05) is 12.1 Å². The van der Waals surface area contributed by atoms with Gasteiger partial charge in [0.15, 0.2) is 0 Å². The molecule has 1 unspecified atom stereocenters. The lowest BCUT2D eigenvalue weighted by atomic mass is 9.94. The molecule has 1 atom stereocenters. The van der Waals surface area contributed by atoms with Crippen molar-refractivity contribution in [3.63, 3.8) is 0 Å². The highest BCUT2D eigenvalue weighted by Gasteiger charge is 2.30. The van der Waals surface area contributed by atoms with Gasteiger partial charge in [-0.3, -0.25) is 4.79 Å². The van der Waals surface area contributed by atoms with Crippen molar-refractivity contribution >= 4 is 5.91 Å². The maximum atomic E-state index is 13.6. The number of hydrogen-bond donors (Lipinski definition) is 1. The van der Waals surface area contributed by atoms with Gasteiger partial charge in [0.05, 0.1) is 18.7 Å². The Labute approximate surface area is 140 Å². The Morgan fingerprint density at radius 1 is 1.25 bits per heavy atom. The number of hydrogen-bond acceptors (Lipinski definition) is 3. The van der Waals surface area contributed by atoms with Crippen LogP contribution < -0.4 is 4.74 Å². The SMILES string of the molecule is COc1ccc(C(=O)N2CCCCC2c2cccc(F)c2)c(O)c1. The molecule has 0 aromatic heterocycles. The van der Waals surface area contributed by atoms with Gasteiger partial charge in [-0.15, -0.1) is 0 Å². The van der Waals surface area contributed by atoms with E-state index in [1.165, 1.54) is 25.3 Å². The van der Waals surface area contributed by atoms with E-state index in [0.29, 0.717) is 12.3 Å². The number of benzene rings is 2. The highest BCUT2D eigenvalue weighted by molar-refractivity contribution is 5.97. The summed E-state index contributed by atoms with van der Waals surface area (Å²) in [5.74, 6) is -0.172. The molecule has 4 nitrogen and oxygen atoms in total. The number of nitrogens with zero attached hydrogens (tertiary/aromatic N) is 1. The number of piperidine rings is 1. The third-order valence-electron chi connectivity index (χ3n) is 4.43. The number of phenolic OH excluding ortho intramolecular Hbond substituents is 1. The van der Waals surface area contributed by atoms with Crippen LogP contribution in [0.1, 0.15) is 41.2 Å². The summed E-state index contributed by atoms with van der Waals surface area (Å²) >= 11 is 0. The number of amides is 1. The van der Waals surface area contributed by atoms with E-state index in [9.17, 15) is 14.3 Å². The molecule has 126 valence electrons. The smallest absolute Gasteiger partial charge is 0.258 e. The van der Waals surface area contributed by atoms with E-state index < -0.39 is 0 Å². The van der Waals surface area contributed by atoms with Gasteiger partial charge < -0.3 is 14.7 Å². The summed E-state index contributed by atoms with van der Waals surface area (Å²) < 4.78 is 18.6. The number of methoxy groups -OCH3 is 1. The first-order chi connectivity index (χ1) is 11.6. The van der Waals surface area contributed by atoms with Gasteiger partial charge in [0.1, 0.15) is 17.3 Å². The third-order valence-corrected chi connectivity index (χ3v) is 4.43. The predicted octanol–water partition coefficient (Wildman–Crippen LogP) is 3.91. The fourth-order valence-corrected chi connectivity index (χ4v) is 3.21. The lowest BCUT2D eigenvalue weighted by Crippen LogP contribution is -2.38. The first-order valence-corrected chi connectivity index (χ1v) is 8.03. The van der Waals surface area contributed by atoms with Crippen molar-refractivity contribution in [1.29, 1.82) is 0 Å². The molecular weight excluding hydrogens is 309 g/mol. The van der Waals surface area contributed by atoms with Gasteiger partial charge in [-0.2, -0.15) is 0 Å². The topological polar surface area (TPSA) is 49.8 Å². The molecule has 0 spiro atoms. The molecule has 1 aliphatic heterocycles. The molecule has 0 aliphatic carbocycles. The van der Waals surface area contributed by atoms with E-state index in [2.05, 4.69) is 0 Å². The Balaban J connectivity index is 1.91. The van der Waals surface area contributed by atoms with Crippen LogP contribution in [0.5, 0.6) is 11.5 Å². The largest absolute Gasteiger partial charge is 0.507 e. The fourth-order valence-electron chi connectivity index (χ4n) is 3.21. The summed E-state index contributed by atoms with van der Waals surface area (Å²) in [6.07, 6.45) is 2.67. The second-order valence-corrected chi connectivity index (χ2v) is 5.95.